The van der Waals surface area contributed by atoms with E-state index in [4.69, 9.17) is 4.74 Å². The van der Waals surface area contributed by atoms with Gasteiger partial charge in [0.05, 0.1) is 13.0 Å². The number of hydrogen-bond donors (Lipinski definition) is 2. The van der Waals surface area contributed by atoms with Gasteiger partial charge in [0.15, 0.2) is 0 Å². The fourth-order valence-electron chi connectivity index (χ4n) is 5.02. The van der Waals surface area contributed by atoms with Crippen LogP contribution in [0.4, 0.5) is 5.69 Å². The van der Waals surface area contributed by atoms with Crippen LogP contribution >= 0.6 is 0 Å². The average Bonchev–Trinajstić information content (AvgIpc) is 2.91. The van der Waals surface area contributed by atoms with Gasteiger partial charge in [-0.1, -0.05) is 37.5 Å². The largest absolute Gasteiger partial charge is 0.493 e. The molecule has 3 amide bonds. The summed E-state index contributed by atoms with van der Waals surface area (Å²) in [5.74, 6) is 0.603. The zero-order chi connectivity index (χ0) is 25.3. The third-order valence-electron chi connectivity index (χ3n) is 7.23. The molecule has 1 heterocycles. The lowest BCUT2D eigenvalue weighted by Gasteiger charge is -2.31. The summed E-state index contributed by atoms with van der Waals surface area (Å²) in [4.78, 5) is 39.9. The summed E-state index contributed by atoms with van der Waals surface area (Å²) in [5, 5.41) is 6.17. The van der Waals surface area contributed by atoms with Gasteiger partial charge in [-0.2, -0.15) is 0 Å². The highest BCUT2D eigenvalue weighted by Crippen LogP contribution is 2.23. The van der Waals surface area contributed by atoms with E-state index in [1.54, 1.807) is 6.07 Å². The van der Waals surface area contributed by atoms with Crippen molar-refractivity contribution in [2.45, 2.75) is 64.3 Å². The van der Waals surface area contributed by atoms with E-state index in [-0.39, 0.29) is 29.7 Å². The van der Waals surface area contributed by atoms with Crippen LogP contribution in [0.1, 0.15) is 67.3 Å². The van der Waals surface area contributed by atoms with Crippen molar-refractivity contribution in [1.29, 1.82) is 0 Å². The number of rotatable bonds is 8. The lowest BCUT2D eigenvalue weighted by atomic mass is 9.95. The Bertz CT molecular complexity index is 1040. The van der Waals surface area contributed by atoms with E-state index in [2.05, 4.69) is 10.6 Å². The van der Waals surface area contributed by atoms with Gasteiger partial charge in [0.25, 0.3) is 5.91 Å². The molecule has 0 atom stereocenters. The molecule has 1 saturated carbocycles. The minimum Gasteiger partial charge on any atom is -0.493 e. The van der Waals surface area contributed by atoms with Crippen LogP contribution in [0.5, 0.6) is 5.75 Å². The molecule has 1 saturated heterocycles. The smallest absolute Gasteiger partial charge is 0.251 e. The SMILES string of the molecule is Cc1cc(C(=O)NC2CCCCC2)ccc1NC(=O)C1CCN(C(=O)CCOc2ccccc2)CC1. The van der Waals surface area contributed by atoms with Crippen molar-refractivity contribution in [2.75, 3.05) is 25.0 Å². The minimum atomic E-state index is -0.136. The summed E-state index contributed by atoms with van der Waals surface area (Å²) in [7, 11) is 0. The van der Waals surface area contributed by atoms with Crippen LogP contribution in [0.25, 0.3) is 0 Å². The highest BCUT2D eigenvalue weighted by molar-refractivity contribution is 5.97. The summed E-state index contributed by atoms with van der Waals surface area (Å²) >= 11 is 0. The number of ether oxygens (including phenoxy) is 1. The topological polar surface area (TPSA) is 87.7 Å². The first kappa shape index (κ1) is 25.7. The lowest BCUT2D eigenvalue weighted by molar-refractivity contribution is -0.135. The van der Waals surface area contributed by atoms with E-state index < -0.39 is 0 Å². The van der Waals surface area contributed by atoms with Gasteiger partial charge in [0.2, 0.25) is 11.8 Å². The highest BCUT2D eigenvalue weighted by atomic mass is 16.5. The Hall–Kier alpha value is -3.35. The predicted molar refractivity (Wildman–Crippen MR) is 140 cm³/mol. The monoisotopic (exact) mass is 491 g/mol. The fourth-order valence-corrected chi connectivity index (χ4v) is 5.02. The zero-order valence-electron chi connectivity index (χ0n) is 21.1. The molecule has 0 unspecified atom stereocenters. The molecule has 36 heavy (non-hydrogen) atoms. The Morgan fingerprint density at radius 3 is 2.36 bits per heavy atom. The van der Waals surface area contributed by atoms with Gasteiger partial charge in [0.1, 0.15) is 5.75 Å². The zero-order valence-corrected chi connectivity index (χ0v) is 21.1. The molecular weight excluding hydrogens is 454 g/mol. The number of piperidine rings is 1. The second kappa shape index (κ2) is 12.6. The molecule has 0 aromatic heterocycles. The summed E-state index contributed by atoms with van der Waals surface area (Å²) in [6.07, 6.45) is 7.28. The molecule has 2 aromatic rings. The quantitative estimate of drug-likeness (QED) is 0.560. The molecule has 1 aliphatic heterocycles. The highest BCUT2D eigenvalue weighted by Gasteiger charge is 2.27. The van der Waals surface area contributed by atoms with Gasteiger partial charge in [0, 0.05) is 36.3 Å². The van der Waals surface area contributed by atoms with E-state index in [1.807, 2.05) is 54.3 Å². The molecule has 2 fully saturated rings. The third kappa shape index (κ3) is 7.09. The van der Waals surface area contributed by atoms with Crippen molar-refractivity contribution in [3.05, 3.63) is 59.7 Å². The molecule has 1 aliphatic carbocycles. The first-order valence-corrected chi connectivity index (χ1v) is 13.2. The number of nitrogens with one attached hydrogen (secondary N) is 2. The lowest BCUT2D eigenvalue weighted by Crippen LogP contribution is -2.41. The van der Waals surface area contributed by atoms with Gasteiger partial charge in [-0.15, -0.1) is 0 Å². The molecule has 0 spiro atoms. The van der Waals surface area contributed by atoms with Crippen molar-refractivity contribution < 1.29 is 19.1 Å². The van der Waals surface area contributed by atoms with Crippen LogP contribution in [-0.4, -0.2) is 48.4 Å². The summed E-state index contributed by atoms with van der Waals surface area (Å²) in [5.41, 5.74) is 2.22. The number of amides is 3. The van der Waals surface area contributed by atoms with Gasteiger partial charge < -0.3 is 20.3 Å². The fraction of sp³-hybridized carbons (Fsp3) is 0.483. The van der Waals surface area contributed by atoms with Gasteiger partial charge >= 0.3 is 0 Å². The third-order valence-corrected chi connectivity index (χ3v) is 7.23. The number of hydrogen-bond acceptors (Lipinski definition) is 4. The Kier molecular flexibility index (Phi) is 8.98. The number of carbonyl (C=O) groups is 3. The molecule has 2 aromatic carbocycles. The number of para-hydroxylation sites is 1. The Balaban J connectivity index is 1.21. The van der Waals surface area contributed by atoms with Gasteiger partial charge in [-0.05, 0) is 68.5 Å². The maximum Gasteiger partial charge on any atom is 0.251 e. The van der Waals surface area contributed by atoms with Crippen molar-refractivity contribution >= 4 is 23.4 Å². The average molecular weight is 492 g/mol. The maximum atomic E-state index is 12.9. The molecule has 7 nitrogen and oxygen atoms in total. The van der Waals surface area contributed by atoms with Gasteiger partial charge in [-0.3, -0.25) is 14.4 Å². The molecule has 2 N–H and O–H groups in total. The van der Waals surface area contributed by atoms with Crippen LogP contribution in [-0.2, 0) is 9.59 Å². The first-order valence-electron chi connectivity index (χ1n) is 13.2. The number of likely N-dealkylation sites (tertiary alicyclic amines) is 1. The second-order valence-corrected chi connectivity index (χ2v) is 9.89. The molecular formula is C29H37N3O4. The van der Waals surface area contributed by atoms with Crippen LogP contribution < -0.4 is 15.4 Å². The maximum absolute atomic E-state index is 12.9. The number of carbonyl (C=O) groups excluding carboxylic acids is 3. The number of aryl methyl sites for hydroxylation is 1. The second-order valence-electron chi connectivity index (χ2n) is 9.89. The summed E-state index contributed by atoms with van der Waals surface area (Å²) < 4.78 is 5.63. The van der Waals surface area contributed by atoms with E-state index in [1.165, 1.54) is 19.3 Å². The van der Waals surface area contributed by atoms with Crippen LogP contribution in [0.3, 0.4) is 0 Å². The molecule has 4 rings (SSSR count). The van der Waals surface area contributed by atoms with Gasteiger partial charge in [-0.25, -0.2) is 0 Å². The number of anilines is 1. The standard InChI is InChI=1S/C29H37N3O4/c1-21-20-23(29(35)30-24-8-4-2-5-9-24)12-13-26(21)31-28(34)22-14-17-32(18-15-22)27(33)16-19-36-25-10-6-3-7-11-25/h3,6-7,10-13,20,22,24H,2,4-5,8-9,14-19H2,1H3,(H,30,35)(H,31,34). The molecule has 2 aliphatic rings. The van der Waals surface area contributed by atoms with Crippen molar-refractivity contribution in [3.63, 3.8) is 0 Å². The number of nitrogens with zero attached hydrogens (tertiary/aromatic N) is 1. The number of benzene rings is 2. The molecule has 0 bridgehead atoms. The Labute approximate surface area is 213 Å². The predicted octanol–water partition coefficient (Wildman–Crippen LogP) is 4.70. The van der Waals surface area contributed by atoms with Crippen molar-refractivity contribution in [1.82, 2.24) is 10.2 Å². The molecule has 192 valence electrons. The Morgan fingerprint density at radius 1 is 0.944 bits per heavy atom. The summed E-state index contributed by atoms with van der Waals surface area (Å²) in [6.45, 7) is 3.39. The molecule has 0 radical (unpaired) electrons. The molecule has 7 heteroatoms. The van der Waals surface area contributed by atoms with E-state index in [9.17, 15) is 14.4 Å². The van der Waals surface area contributed by atoms with Crippen LogP contribution in [0, 0.1) is 12.8 Å². The van der Waals surface area contributed by atoms with Crippen molar-refractivity contribution in [3.8, 4) is 5.75 Å². The Morgan fingerprint density at radius 2 is 1.67 bits per heavy atom. The van der Waals surface area contributed by atoms with E-state index in [0.29, 0.717) is 44.5 Å². The minimum absolute atomic E-state index is 0.0305. The van der Waals surface area contributed by atoms with Crippen LogP contribution in [0.2, 0.25) is 0 Å². The van der Waals surface area contributed by atoms with E-state index in [0.717, 1.165) is 29.8 Å². The van der Waals surface area contributed by atoms with Crippen molar-refractivity contribution in [2.24, 2.45) is 5.92 Å². The first-order chi connectivity index (χ1) is 17.5. The normalized spacial score (nSPS) is 16.9. The van der Waals surface area contributed by atoms with E-state index >= 15 is 0 Å². The summed E-state index contributed by atoms with van der Waals surface area (Å²) in [6, 6.07) is 15.2. The van der Waals surface area contributed by atoms with Crippen LogP contribution in [0.15, 0.2) is 48.5 Å².